The molecule has 10 N–H and O–H groups in total. The monoisotopic (exact) mass is 1040 g/mol. The van der Waals surface area contributed by atoms with Gasteiger partial charge in [0.2, 0.25) is 11.8 Å². The van der Waals surface area contributed by atoms with E-state index in [1.807, 2.05) is 0 Å². The zero-order valence-corrected chi connectivity index (χ0v) is 42.1. The molecule has 7 atom stereocenters. The van der Waals surface area contributed by atoms with Crippen molar-refractivity contribution < 1.29 is 80.5 Å². The molecule has 0 spiro atoms. The van der Waals surface area contributed by atoms with E-state index in [1.165, 1.54) is 58.8 Å². The highest BCUT2D eigenvalue weighted by atomic mass is 32.2. The van der Waals surface area contributed by atoms with Crippen molar-refractivity contribution in [2.75, 3.05) is 37.8 Å². The number of unbranched alkanes of at least 4 members (excludes halogenated alkanes) is 9. The SMILES string of the molecule is CCCCCCCCC/C=C/CC/C=C/CCCC(=O)SCCNC(=O)CCNC(=O)C(O)C(C)(C)COP(=O)(O)OP(=O)(O)OCC1OC(n2cnc3c(N)ncnc32)C(O)C1OP(=O)(O)O. The summed E-state index contributed by atoms with van der Waals surface area (Å²) in [7, 11) is -16.4. The second-order valence-electron chi connectivity index (χ2n) is 16.6. The number of fused-ring (bicyclic) bond motifs is 1. The third kappa shape index (κ3) is 22.0. The van der Waals surface area contributed by atoms with Crippen molar-refractivity contribution in [1.29, 1.82) is 0 Å². The zero-order chi connectivity index (χ0) is 50.4. The first-order chi connectivity index (χ1) is 32.1. The number of imidazole rings is 1. The van der Waals surface area contributed by atoms with Crippen LogP contribution in [0.3, 0.4) is 0 Å². The third-order valence-corrected chi connectivity index (χ3v) is 14.4. The fourth-order valence-electron chi connectivity index (χ4n) is 6.61. The lowest BCUT2D eigenvalue weighted by molar-refractivity contribution is -0.137. The number of anilines is 1. The van der Waals surface area contributed by atoms with Crippen LogP contribution in [0.5, 0.6) is 0 Å². The molecule has 2 aromatic heterocycles. The Morgan fingerprint density at radius 3 is 2.19 bits per heavy atom. The van der Waals surface area contributed by atoms with Gasteiger partial charge >= 0.3 is 23.5 Å². The highest BCUT2D eigenvalue weighted by Crippen LogP contribution is 2.61. The molecule has 2 aromatic rings. The number of phosphoric acid groups is 3. The highest BCUT2D eigenvalue weighted by molar-refractivity contribution is 8.13. The number of phosphoric ester groups is 3. The van der Waals surface area contributed by atoms with Gasteiger partial charge < -0.3 is 50.9 Å². The van der Waals surface area contributed by atoms with Crippen LogP contribution in [0.4, 0.5) is 5.82 Å². The maximum Gasteiger partial charge on any atom is 0.481 e. The number of ether oxygens (including phenoxy) is 1. The number of allylic oxidation sites excluding steroid dienone is 4. The number of rotatable bonds is 34. The summed E-state index contributed by atoms with van der Waals surface area (Å²) >= 11 is 1.12. The van der Waals surface area contributed by atoms with Crippen LogP contribution in [0.1, 0.15) is 117 Å². The lowest BCUT2D eigenvalue weighted by atomic mass is 9.87. The van der Waals surface area contributed by atoms with Gasteiger partial charge in [0.25, 0.3) is 0 Å². The summed E-state index contributed by atoms with van der Waals surface area (Å²) < 4.78 is 62.4. The molecule has 1 saturated heterocycles. The van der Waals surface area contributed by atoms with Crippen molar-refractivity contribution in [3.05, 3.63) is 37.0 Å². The number of carbonyl (C=O) groups is 3. The third-order valence-electron chi connectivity index (χ3n) is 10.3. The number of nitrogens with one attached hydrogen (secondary N) is 2. The molecule has 1 fully saturated rings. The molecule has 3 heterocycles. The summed E-state index contributed by atoms with van der Waals surface area (Å²) in [6.07, 6.45) is 16.1. The van der Waals surface area contributed by atoms with Gasteiger partial charge in [-0.3, -0.25) is 32.5 Å². The Bertz CT molecular complexity index is 2110. The number of nitrogen functional groups attached to an aromatic ring is 1. The Kier molecular flexibility index (Phi) is 25.7. The first-order valence-electron chi connectivity index (χ1n) is 22.4. The first kappa shape index (κ1) is 59.3. The number of hydrogen-bond donors (Lipinski definition) is 9. The summed E-state index contributed by atoms with van der Waals surface area (Å²) in [5.74, 6) is -1.06. The molecule has 0 aliphatic carbocycles. The quantitative estimate of drug-likeness (QED) is 0.0256. The molecule has 0 saturated carbocycles. The molecule has 7 unspecified atom stereocenters. The van der Waals surface area contributed by atoms with Crippen molar-refractivity contribution >= 4 is 69.1 Å². The molecule has 24 nitrogen and oxygen atoms in total. The van der Waals surface area contributed by atoms with Crippen LogP contribution in [0.2, 0.25) is 0 Å². The van der Waals surface area contributed by atoms with E-state index in [4.69, 9.17) is 19.5 Å². The van der Waals surface area contributed by atoms with Gasteiger partial charge in [-0.1, -0.05) is 95.4 Å². The van der Waals surface area contributed by atoms with Gasteiger partial charge in [-0.15, -0.1) is 0 Å². The number of aromatic nitrogens is 4. The molecule has 3 rings (SSSR count). The van der Waals surface area contributed by atoms with Gasteiger partial charge in [0, 0.05) is 37.1 Å². The van der Waals surface area contributed by atoms with Crippen LogP contribution < -0.4 is 16.4 Å². The normalized spacial score (nSPS) is 20.2. The van der Waals surface area contributed by atoms with Crippen molar-refractivity contribution in [2.24, 2.45) is 5.41 Å². The number of hydrogen-bond acceptors (Lipinski definition) is 18. The average Bonchev–Trinajstić information content (AvgIpc) is 3.83. The minimum Gasteiger partial charge on any atom is -0.386 e. The lowest BCUT2D eigenvalue weighted by Gasteiger charge is -2.30. The standard InChI is InChI=1S/C40H68N7O17P3S/c1-4-5-6-7-8-9-10-11-12-13-14-15-16-17-18-19-20-31(49)68-24-23-42-30(48)21-22-43-38(52)35(51)40(2,3)26-61-67(58,59)64-66(56,57)60-25-29-34(63-65(53,54)55)33(50)39(62-29)47-28-46-32-36(41)44-27-45-37(32)47/h12-13,16-17,27-29,33-35,39,50-51H,4-11,14-15,18-26H2,1-3H3,(H,42,48)(H,43,52)(H,56,57)(H,58,59)(H2,41,44,45)(H2,53,54,55)/b13-12+,17-16+. The van der Waals surface area contributed by atoms with Crippen LogP contribution in [-0.2, 0) is 50.7 Å². The van der Waals surface area contributed by atoms with Crippen LogP contribution in [-0.4, -0.2) is 123 Å². The van der Waals surface area contributed by atoms with Crippen LogP contribution in [0.25, 0.3) is 11.2 Å². The molecule has 28 heteroatoms. The van der Waals surface area contributed by atoms with Crippen LogP contribution in [0, 0.1) is 5.41 Å². The number of nitrogens with two attached hydrogens (primary N) is 1. The second-order valence-corrected chi connectivity index (χ2v) is 22.0. The Morgan fingerprint density at radius 1 is 0.882 bits per heavy atom. The fourth-order valence-corrected chi connectivity index (χ4v) is 10.2. The maximum absolute atomic E-state index is 12.7. The van der Waals surface area contributed by atoms with E-state index in [2.05, 4.69) is 65.6 Å². The van der Waals surface area contributed by atoms with Crippen molar-refractivity contribution in [3.63, 3.8) is 0 Å². The van der Waals surface area contributed by atoms with E-state index < -0.39 is 84.6 Å². The average molecular weight is 1040 g/mol. The minimum absolute atomic E-state index is 0.0258. The zero-order valence-electron chi connectivity index (χ0n) is 38.6. The fraction of sp³-hybridized carbons (Fsp3) is 0.700. The topological polar surface area (TPSA) is 364 Å². The van der Waals surface area contributed by atoms with Gasteiger partial charge in [0.05, 0.1) is 19.5 Å². The molecule has 1 aliphatic heterocycles. The highest BCUT2D eigenvalue weighted by Gasteiger charge is 2.50. The van der Waals surface area contributed by atoms with E-state index in [0.29, 0.717) is 12.2 Å². The number of nitrogens with zero attached hydrogens (tertiary/aromatic N) is 4. The molecular weight excluding hydrogens is 975 g/mol. The molecule has 386 valence electrons. The van der Waals surface area contributed by atoms with E-state index in [-0.39, 0.29) is 41.6 Å². The molecule has 0 radical (unpaired) electrons. The molecule has 2 amide bonds. The molecule has 68 heavy (non-hydrogen) atoms. The number of thioether (sulfide) groups is 1. The first-order valence-corrected chi connectivity index (χ1v) is 27.9. The molecule has 0 aromatic carbocycles. The summed E-state index contributed by atoms with van der Waals surface area (Å²) in [6, 6.07) is 0. The van der Waals surface area contributed by atoms with Crippen LogP contribution in [0.15, 0.2) is 37.0 Å². The lowest BCUT2D eigenvalue weighted by Crippen LogP contribution is -2.46. The van der Waals surface area contributed by atoms with E-state index in [9.17, 15) is 57.9 Å². The Labute approximate surface area is 400 Å². The van der Waals surface area contributed by atoms with Crippen molar-refractivity contribution in [3.8, 4) is 0 Å². The largest absolute Gasteiger partial charge is 0.481 e. The van der Waals surface area contributed by atoms with Gasteiger partial charge in [0.15, 0.2) is 22.8 Å². The number of aliphatic hydroxyl groups excluding tert-OH is 2. The van der Waals surface area contributed by atoms with Crippen molar-refractivity contribution in [2.45, 2.75) is 141 Å². The van der Waals surface area contributed by atoms with E-state index >= 15 is 0 Å². The summed E-state index contributed by atoms with van der Waals surface area (Å²) in [6.45, 7) is 2.77. The van der Waals surface area contributed by atoms with Gasteiger partial charge in [-0.05, 0) is 38.5 Å². The summed E-state index contributed by atoms with van der Waals surface area (Å²) in [4.78, 5) is 88.3. The molecular formula is C40H68N7O17P3S. The number of aliphatic hydroxyl groups is 2. The number of carbonyl (C=O) groups excluding carboxylic acids is 3. The summed E-state index contributed by atoms with van der Waals surface area (Å²) in [5, 5.41) is 26.6. The Balaban J connectivity index is 1.30. The summed E-state index contributed by atoms with van der Waals surface area (Å²) in [5.41, 5.74) is 4.28. The van der Waals surface area contributed by atoms with Gasteiger partial charge in [-0.25, -0.2) is 28.6 Å². The Morgan fingerprint density at radius 2 is 1.51 bits per heavy atom. The predicted molar refractivity (Wildman–Crippen MR) is 251 cm³/mol. The van der Waals surface area contributed by atoms with Crippen molar-refractivity contribution in [1.82, 2.24) is 30.2 Å². The van der Waals surface area contributed by atoms with Crippen LogP contribution >= 0.6 is 35.2 Å². The smallest absolute Gasteiger partial charge is 0.386 e. The van der Waals surface area contributed by atoms with E-state index in [1.54, 1.807) is 0 Å². The second kappa shape index (κ2) is 29.4. The Hall–Kier alpha value is -2.96. The maximum atomic E-state index is 12.7. The minimum atomic E-state index is -5.58. The predicted octanol–water partition coefficient (Wildman–Crippen LogP) is 4.87. The molecule has 0 bridgehead atoms. The molecule has 1 aliphatic rings. The van der Waals surface area contributed by atoms with Gasteiger partial charge in [0.1, 0.15) is 36.3 Å². The number of amides is 2. The van der Waals surface area contributed by atoms with Gasteiger partial charge in [-0.2, -0.15) is 4.31 Å². The van der Waals surface area contributed by atoms with E-state index in [0.717, 1.165) is 61.1 Å².